The van der Waals surface area contributed by atoms with Crippen molar-refractivity contribution in [3.63, 3.8) is 0 Å². The van der Waals surface area contributed by atoms with E-state index < -0.39 is 0 Å². The van der Waals surface area contributed by atoms with Crippen molar-refractivity contribution in [2.75, 3.05) is 6.54 Å². The molecule has 1 aromatic heterocycles. The van der Waals surface area contributed by atoms with Crippen LogP contribution in [0.4, 0.5) is 0 Å². The first-order valence-electron chi connectivity index (χ1n) is 5.84. The predicted octanol–water partition coefficient (Wildman–Crippen LogP) is 1.83. The van der Waals surface area contributed by atoms with E-state index in [0.29, 0.717) is 18.0 Å². The number of carbonyl (C=O) groups is 1. The molecule has 4 N–H and O–H groups in total. The molecule has 0 aliphatic heterocycles. The van der Waals surface area contributed by atoms with E-state index in [4.69, 9.17) is 17.3 Å². The molecule has 2 rings (SSSR count). The zero-order chi connectivity index (χ0) is 13.1. The highest BCUT2D eigenvalue weighted by atomic mass is 35.5. The zero-order valence-corrected chi connectivity index (χ0v) is 10.9. The lowest BCUT2D eigenvalue weighted by atomic mass is 10.1. The fraction of sp³-hybridized carbons (Fsp3) is 0.308. The summed E-state index contributed by atoms with van der Waals surface area (Å²) in [5.74, 6) is -0.0480. The Morgan fingerprint density at radius 3 is 3.06 bits per heavy atom. The van der Waals surface area contributed by atoms with Gasteiger partial charge in [-0.05, 0) is 24.6 Å². The van der Waals surface area contributed by atoms with Crippen LogP contribution in [0.1, 0.15) is 12.5 Å². The highest BCUT2D eigenvalue weighted by Gasteiger charge is 2.11. The lowest BCUT2D eigenvalue weighted by Crippen LogP contribution is -2.35. The van der Waals surface area contributed by atoms with Crippen LogP contribution in [0.2, 0.25) is 5.02 Å². The van der Waals surface area contributed by atoms with Gasteiger partial charge in [-0.2, -0.15) is 0 Å². The standard InChI is InChI=1S/C13H16ClN3O/c1-8(15)6-17-12(18)5-9-7-16-11-4-2-3-10(14)13(9)11/h2-4,7-8,16H,5-6,15H2,1H3,(H,17,18). The quantitative estimate of drug-likeness (QED) is 0.789. The molecular formula is C13H16ClN3O. The maximum atomic E-state index is 11.7. The van der Waals surface area contributed by atoms with Gasteiger partial charge in [0.1, 0.15) is 0 Å². The summed E-state index contributed by atoms with van der Waals surface area (Å²) in [6.07, 6.45) is 2.12. The van der Waals surface area contributed by atoms with E-state index >= 15 is 0 Å². The monoisotopic (exact) mass is 265 g/mol. The van der Waals surface area contributed by atoms with Crippen LogP contribution in [-0.2, 0) is 11.2 Å². The molecule has 1 atom stereocenters. The van der Waals surface area contributed by atoms with Gasteiger partial charge >= 0.3 is 0 Å². The molecule has 1 heterocycles. The van der Waals surface area contributed by atoms with Crippen molar-refractivity contribution in [1.29, 1.82) is 0 Å². The van der Waals surface area contributed by atoms with E-state index in [1.54, 1.807) is 0 Å². The van der Waals surface area contributed by atoms with Crippen molar-refractivity contribution < 1.29 is 4.79 Å². The number of nitrogens with one attached hydrogen (secondary N) is 2. The van der Waals surface area contributed by atoms with Crippen LogP contribution in [0.3, 0.4) is 0 Å². The molecule has 96 valence electrons. The van der Waals surface area contributed by atoms with Crippen molar-refractivity contribution in [1.82, 2.24) is 10.3 Å². The number of H-pyrrole nitrogens is 1. The van der Waals surface area contributed by atoms with Gasteiger partial charge in [-0.1, -0.05) is 17.7 Å². The van der Waals surface area contributed by atoms with Crippen LogP contribution < -0.4 is 11.1 Å². The molecule has 4 nitrogen and oxygen atoms in total. The Hall–Kier alpha value is -1.52. The largest absolute Gasteiger partial charge is 0.361 e. The van der Waals surface area contributed by atoms with Gasteiger partial charge in [0.05, 0.1) is 11.4 Å². The third-order valence-corrected chi connectivity index (χ3v) is 3.02. The van der Waals surface area contributed by atoms with Gasteiger partial charge in [0.15, 0.2) is 0 Å². The average molecular weight is 266 g/mol. The van der Waals surface area contributed by atoms with E-state index in [-0.39, 0.29) is 11.9 Å². The first kappa shape index (κ1) is 12.9. The number of benzene rings is 1. The molecule has 1 aromatic carbocycles. The van der Waals surface area contributed by atoms with Crippen molar-refractivity contribution in [2.24, 2.45) is 5.73 Å². The number of aromatic nitrogens is 1. The summed E-state index contributed by atoms with van der Waals surface area (Å²) in [6, 6.07) is 5.59. The van der Waals surface area contributed by atoms with E-state index in [1.807, 2.05) is 31.3 Å². The zero-order valence-electron chi connectivity index (χ0n) is 10.2. The van der Waals surface area contributed by atoms with Gasteiger partial charge in [-0.3, -0.25) is 4.79 Å². The SMILES string of the molecule is CC(N)CNC(=O)Cc1c[nH]c2cccc(Cl)c12. The molecule has 0 saturated heterocycles. The van der Waals surface area contributed by atoms with Crippen LogP contribution in [-0.4, -0.2) is 23.5 Å². The van der Waals surface area contributed by atoms with Gasteiger partial charge in [-0.15, -0.1) is 0 Å². The van der Waals surface area contributed by atoms with Gasteiger partial charge in [0, 0.05) is 29.7 Å². The molecule has 0 spiro atoms. The fourth-order valence-corrected chi connectivity index (χ4v) is 2.15. The molecule has 0 radical (unpaired) electrons. The smallest absolute Gasteiger partial charge is 0.224 e. The Labute approximate surface area is 111 Å². The summed E-state index contributed by atoms with van der Waals surface area (Å²) in [5.41, 5.74) is 7.43. The van der Waals surface area contributed by atoms with Crippen molar-refractivity contribution in [3.8, 4) is 0 Å². The normalized spacial score (nSPS) is 12.6. The number of amides is 1. The third kappa shape index (κ3) is 2.83. The lowest BCUT2D eigenvalue weighted by Gasteiger charge is -2.07. The minimum Gasteiger partial charge on any atom is -0.361 e. The first-order valence-corrected chi connectivity index (χ1v) is 6.22. The van der Waals surface area contributed by atoms with Gasteiger partial charge in [-0.25, -0.2) is 0 Å². The van der Waals surface area contributed by atoms with Crippen LogP contribution >= 0.6 is 11.6 Å². The number of fused-ring (bicyclic) bond motifs is 1. The Bertz CT molecular complexity index is 562. The minimum absolute atomic E-state index is 0.0412. The molecular weight excluding hydrogens is 250 g/mol. The van der Waals surface area contributed by atoms with Crippen molar-refractivity contribution in [2.45, 2.75) is 19.4 Å². The van der Waals surface area contributed by atoms with E-state index in [1.165, 1.54) is 0 Å². The fourth-order valence-electron chi connectivity index (χ4n) is 1.86. The summed E-state index contributed by atoms with van der Waals surface area (Å²) in [6.45, 7) is 2.33. The van der Waals surface area contributed by atoms with Crippen LogP contribution in [0, 0.1) is 0 Å². The predicted molar refractivity (Wildman–Crippen MR) is 73.7 cm³/mol. The second kappa shape index (κ2) is 5.42. The summed E-state index contributed by atoms with van der Waals surface area (Å²) in [5, 5.41) is 4.35. The number of hydrogen-bond acceptors (Lipinski definition) is 2. The Morgan fingerprint density at radius 2 is 2.33 bits per heavy atom. The maximum absolute atomic E-state index is 11.7. The van der Waals surface area contributed by atoms with E-state index in [9.17, 15) is 4.79 Å². The van der Waals surface area contributed by atoms with Gasteiger partial charge in [0.2, 0.25) is 5.91 Å². The molecule has 0 fully saturated rings. The van der Waals surface area contributed by atoms with Crippen LogP contribution in [0.25, 0.3) is 10.9 Å². The number of halogens is 1. The second-order valence-electron chi connectivity index (χ2n) is 4.43. The number of carbonyl (C=O) groups excluding carboxylic acids is 1. The summed E-state index contributed by atoms with van der Waals surface area (Å²) < 4.78 is 0. The highest BCUT2D eigenvalue weighted by Crippen LogP contribution is 2.26. The molecule has 0 saturated carbocycles. The molecule has 18 heavy (non-hydrogen) atoms. The van der Waals surface area contributed by atoms with Crippen LogP contribution in [0.15, 0.2) is 24.4 Å². The Kier molecular flexibility index (Phi) is 3.89. The van der Waals surface area contributed by atoms with Gasteiger partial charge in [0.25, 0.3) is 0 Å². The van der Waals surface area contributed by atoms with Crippen molar-refractivity contribution >= 4 is 28.4 Å². The minimum atomic E-state index is -0.0480. The Balaban J connectivity index is 2.15. The average Bonchev–Trinajstić information content (AvgIpc) is 2.71. The van der Waals surface area contributed by atoms with E-state index in [0.717, 1.165) is 16.5 Å². The molecule has 1 amide bonds. The Morgan fingerprint density at radius 1 is 1.56 bits per heavy atom. The number of nitrogens with two attached hydrogens (primary N) is 1. The van der Waals surface area contributed by atoms with Crippen molar-refractivity contribution in [3.05, 3.63) is 35.0 Å². The maximum Gasteiger partial charge on any atom is 0.224 e. The highest BCUT2D eigenvalue weighted by molar-refractivity contribution is 6.35. The molecule has 5 heteroatoms. The molecule has 0 aliphatic rings. The topological polar surface area (TPSA) is 70.9 Å². The number of hydrogen-bond donors (Lipinski definition) is 3. The second-order valence-corrected chi connectivity index (χ2v) is 4.84. The molecule has 0 bridgehead atoms. The van der Waals surface area contributed by atoms with E-state index in [2.05, 4.69) is 10.3 Å². The number of rotatable bonds is 4. The summed E-state index contributed by atoms with van der Waals surface area (Å²) >= 11 is 6.14. The number of aromatic amines is 1. The van der Waals surface area contributed by atoms with Gasteiger partial charge < -0.3 is 16.0 Å². The first-order chi connectivity index (χ1) is 8.58. The summed E-state index contributed by atoms with van der Waals surface area (Å²) in [7, 11) is 0. The molecule has 2 aromatic rings. The molecule has 1 unspecified atom stereocenters. The van der Waals surface area contributed by atoms with Crippen LogP contribution in [0.5, 0.6) is 0 Å². The third-order valence-electron chi connectivity index (χ3n) is 2.71. The molecule has 0 aliphatic carbocycles. The lowest BCUT2D eigenvalue weighted by molar-refractivity contribution is -0.120. The summed E-state index contributed by atoms with van der Waals surface area (Å²) in [4.78, 5) is 14.9.